The largest absolute Gasteiger partial charge is 0.361 e. The number of rotatable bonds is 3. The Bertz CT molecular complexity index is 253. The number of nitrogens with one attached hydrogen (secondary N) is 1. The minimum atomic E-state index is 0.193. The van der Waals surface area contributed by atoms with E-state index in [1.807, 2.05) is 0 Å². The smallest absolute Gasteiger partial charge is 0.171 e. The molecule has 11 heavy (non-hydrogen) atoms. The molecule has 4 nitrogen and oxygen atoms in total. The number of carbonyl (C=O) groups is 1. The van der Waals surface area contributed by atoms with E-state index in [4.69, 9.17) is 11.6 Å². The van der Waals surface area contributed by atoms with E-state index < -0.39 is 0 Å². The first-order valence-electron chi connectivity index (χ1n) is 2.98. The summed E-state index contributed by atoms with van der Waals surface area (Å²) in [5.41, 5.74) is 0. The van der Waals surface area contributed by atoms with Crippen LogP contribution in [0, 0.1) is 0 Å². The quantitative estimate of drug-likeness (QED) is 0.682. The maximum atomic E-state index is 9.94. The molecule has 0 aliphatic rings. The van der Waals surface area contributed by atoms with Gasteiger partial charge < -0.3 is 10.1 Å². The molecule has 1 N–H and O–H groups in total. The van der Waals surface area contributed by atoms with Gasteiger partial charge in [-0.25, -0.2) is 9.97 Å². The van der Waals surface area contributed by atoms with Crippen LogP contribution in [0.3, 0.4) is 0 Å². The van der Waals surface area contributed by atoms with E-state index in [2.05, 4.69) is 15.3 Å². The zero-order valence-corrected chi connectivity index (χ0v) is 6.38. The first-order valence-corrected chi connectivity index (χ1v) is 3.36. The van der Waals surface area contributed by atoms with E-state index in [-0.39, 0.29) is 11.7 Å². The van der Waals surface area contributed by atoms with E-state index in [0.29, 0.717) is 5.82 Å². The van der Waals surface area contributed by atoms with E-state index in [1.54, 1.807) is 0 Å². The van der Waals surface area contributed by atoms with Gasteiger partial charge in [-0.3, -0.25) is 0 Å². The molecule has 0 aliphatic heterocycles. The van der Waals surface area contributed by atoms with Crippen LogP contribution in [0.25, 0.3) is 0 Å². The molecule has 0 bridgehead atoms. The lowest BCUT2D eigenvalue weighted by molar-refractivity contribution is -0.106. The fourth-order valence-corrected chi connectivity index (χ4v) is 0.750. The number of aldehydes is 1. The van der Waals surface area contributed by atoms with Crippen molar-refractivity contribution in [2.24, 2.45) is 0 Å². The predicted octanol–water partition coefficient (Wildman–Crippen LogP) is 0.741. The van der Waals surface area contributed by atoms with Crippen molar-refractivity contribution in [2.75, 3.05) is 11.9 Å². The highest BCUT2D eigenvalue weighted by molar-refractivity contribution is 6.31. The Morgan fingerprint density at radius 1 is 1.55 bits per heavy atom. The summed E-state index contributed by atoms with van der Waals surface area (Å²) in [7, 11) is 0. The van der Waals surface area contributed by atoms with Crippen molar-refractivity contribution in [1.29, 1.82) is 0 Å². The van der Waals surface area contributed by atoms with Crippen LogP contribution >= 0.6 is 11.6 Å². The molecular weight excluding hydrogens is 166 g/mol. The van der Waals surface area contributed by atoms with Gasteiger partial charge in [-0.1, -0.05) is 11.6 Å². The third-order valence-electron chi connectivity index (χ3n) is 1.01. The summed E-state index contributed by atoms with van der Waals surface area (Å²) in [5.74, 6) is 0.432. The van der Waals surface area contributed by atoms with Crippen LogP contribution in [0.2, 0.25) is 5.15 Å². The van der Waals surface area contributed by atoms with Crippen molar-refractivity contribution >= 4 is 23.7 Å². The van der Waals surface area contributed by atoms with E-state index in [1.165, 1.54) is 12.4 Å². The summed E-state index contributed by atoms with van der Waals surface area (Å²) in [6, 6.07) is 0. The number of nitrogens with zero attached hydrogens (tertiary/aromatic N) is 2. The molecule has 1 aromatic rings. The molecule has 5 heteroatoms. The van der Waals surface area contributed by atoms with Gasteiger partial charge in [0, 0.05) is 12.4 Å². The molecule has 0 radical (unpaired) electrons. The Hall–Kier alpha value is -1.16. The highest BCUT2D eigenvalue weighted by atomic mass is 35.5. The molecule has 0 saturated carbocycles. The highest BCUT2D eigenvalue weighted by Crippen LogP contribution is 2.12. The molecule has 0 spiro atoms. The lowest BCUT2D eigenvalue weighted by Gasteiger charge is -2.00. The van der Waals surface area contributed by atoms with Crippen LogP contribution in [0.15, 0.2) is 12.4 Å². The van der Waals surface area contributed by atoms with Crippen LogP contribution in [-0.2, 0) is 4.79 Å². The minimum absolute atomic E-state index is 0.193. The first-order chi connectivity index (χ1) is 5.34. The third kappa shape index (κ3) is 2.16. The Morgan fingerprint density at radius 3 is 2.91 bits per heavy atom. The SMILES string of the molecule is O=CCNc1nccnc1Cl. The summed E-state index contributed by atoms with van der Waals surface area (Å²) in [5, 5.41) is 2.96. The average molecular weight is 172 g/mol. The molecule has 1 aromatic heterocycles. The summed E-state index contributed by atoms with van der Waals surface area (Å²) >= 11 is 5.61. The predicted molar refractivity (Wildman–Crippen MR) is 41.6 cm³/mol. The normalized spacial score (nSPS) is 9.18. The number of halogens is 1. The maximum Gasteiger partial charge on any atom is 0.171 e. The number of hydrogen-bond acceptors (Lipinski definition) is 4. The minimum Gasteiger partial charge on any atom is -0.361 e. The van der Waals surface area contributed by atoms with E-state index >= 15 is 0 Å². The van der Waals surface area contributed by atoms with Gasteiger partial charge in [0.15, 0.2) is 11.0 Å². The lowest BCUT2D eigenvalue weighted by atomic mass is 10.6. The number of hydrogen-bond donors (Lipinski definition) is 1. The molecule has 58 valence electrons. The molecule has 0 amide bonds. The molecule has 0 unspecified atom stereocenters. The summed E-state index contributed by atoms with van der Waals surface area (Å²) in [4.78, 5) is 17.5. The average Bonchev–Trinajstić information content (AvgIpc) is 2.03. The van der Waals surface area contributed by atoms with Crippen LogP contribution < -0.4 is 5.32 Å². The van der Waals surface area contributed by atoms with Crippen LogP contribution in [-0.4, -0.2) is 22.8 Å². The zero-order valence-electron chi connectivity index (χ0n) is 5.62. The van der Waals surface area contributed by atoms with Crippen molar-refractivity contribution in [2.45, 2.75) is 0 Å². The van der Waals surface area contributed by atoms with Gasteiger partial charge in [0.1, 0.15) is 6.29 Å². The highest BCUT2D eigenvalue weighted by Gasteiger charge is 1.98. The lowest BCUT2D eigenvalue weighted by Crippen LogP contribution is -2.04. The molecule has 0 atom stereocenters. The molecule has 0 aliphatic carbocycles. The van der Waals surface area contributed by atoms with Gasteiger partial charge in [0.25, 0.3) is 0 Å². The molecule has 0 aromatic carbocycles. The fourth-order valence-electron chi connectivity index (χ4n) is 0.578. The standard InChI is InChI=1S/C6H6ClN3O/c7-5-6(10-3-4-11)9-2-1-8-5/h1-2,4H,3H2,(H,9,10). The Balaban J connectivity index is 2.69. The van der Waals surface area contributed by atoms with Crippen LogP contribution in [0.4, 0.5) is 5.82 Å². The topological polar surface area (TPSA) is 54.9 Å². The molecular formula is C6H6ClN3O. The second-order valence-electron chi connectivity index (χ2n) is 1.74. The van der Waals surface area contributed by atoms with Gasteiger partial charge in [0.05, 0.1) is 6.54 Å². The maximum absolute atomic E-state index is 9.94. The van der Waals surface area contributed by atoms with Crippen molar-refractivity contribution in [3.05, 3.63) is 17.5 Å². The Kier molecular flexibility index (Phi) is 2.80. The second-order valence-corrected chi connectivity index (χ2v) is 2.10. The van der Waals surface area contributed by atoms with Gasteiger partial charge in [-0.15, -0.1) is 0 Å². The Morgan fingerprint density at radius 2 is 2.27 bits per heavy atom. The number of aromatic nitrogens is 2. The fraction of sp³-hybridized carbons (Fsp3) is 0.167. The molecule has 0 fully saturated rings. The van der Waals surface area contributed by atoms with Crippen molar-refractivity contribution in [1.82, 2.24) is 9.97 Å². The number of anilines is 1. The van der Waals surface area contributed by atoms with Gasteiger partial charge >= 0.3 is 0 Å². The van der Waals surface area contributed by atoms with Gasteiger partial charge in [-0.2, -0.15) is 0 Å². The van der Waals surface area contributed by atoms with Crippen molar-refractivity contribution < 1.29 is 4.79 Å². The van der Waals surface area contributed by atoms with E-state index in [0.717, 1.165) is 6.29 Å². The van der Waals surface area contributed by atoms with Gasteiger partial charge in [0.2, 0.25) is 0 Å². The van der Waals surface area contributed by atoms with Gasteiger partial charge in [-0.05, 0) is 0 Å². The Labute approximate surface area is 68.6 Å². The van der Waals surface area contributed by atoms with E-state index in [9.17, 15) is 4.79 Å². The molecule has 1 heterocycles. The molecule has 1 rings (SSSR count). The second kappa shape index (κ2) is 3.88. The molecule has 0 saturated heterocycles. The van der Waals surface area contributed by atoms with Crippen molar-refractivity contribution in [3.63, 3.8) is 0 Å². The first kappa shape index (κ1) is 7.94. The number of carbonyl (C=O) groups excluding carboxylic acids is 1. The van der Waals surface area contributed by atoms with Crippen molar-refractivity contribution in [3.8, 4) is 0 Å². The monoisotopic (exact) mass is 171 g/mol. The van der Waals surface area contributed by atoms with Crippen LogP contribution in [0.1, 0.15) is 0 Å². The zero-order chi connectivity index (χ0) is 8.10. The summed E-state index contributed by atoms with van der Waals surface area (Å²) in [6.45, 7) is 0.193. The van der Waals surface area contributed by atoms with Crippen LogP contribution in [0.5, 0.6) is 0 Å². The summed E-state index contributed by atoms with van der Waals surface area (Å²) in [6.07, 6.45) is 3.71. The third-order valence-corrected chi connectivity index (χ3v) is 1.28. The summed E-state index contributed by atoms with van der Waals surface area (Å²) < 4.78 is 0.